The predicted octanol–water partition coefficient (Wildman–Crippen LogP) is 0.351. The van der Waals surface area contributed by atoms with Crippen LogP contribution in [0.4, 0.5) is 4.39 Å². The average Bonchev–Trinajstić information content (AvgIpc) is 2.55. The molecule has 2 rings (SSSR count). The third kappa shape index (κ3) is 4.49. The second kappa shape index (κ2) is 8.32. The molecule has 0 aromatic heterocycles. The van der Waals surface area contributed by atoms with Gasteiger partial charge < -0.3 is 20.1 Å². The lowest BCUT2D eigenvalue weighted by atomic mass is 10.1. The Hall–Kier alpha value is -2.01. The molecule has 1 heterocycles. The highest BCUT2D eigenvalue weighted by Gasteiger charge is 2.29. The highest BCUT2D eigenvalue weighted by Crippen LogP contribution is 2.19. The molecule has 0 saturated carbocycles. The van der Waals surface area contributed by atoms with E-state index in [4.69, 9.17) is 15.1 Å². The van der Waals surface area contributed by atoms with Crippen molar-refractivity contribution in [2.45, 2.75) is 24.9 Å². The minimum absolute atomic E-state index is 0.0465. The highest BCUT2D eigenvalue weighted by atomic mass is 19.1. The van der Waals surface area contributed by atoms with Gasteiger partial charge in [0.25, 0.3) is 0 Å². The number of rotatable bonds is 3. The summed E-state index contributed by atoms with van der Waals surface area (Å²) in [6.45, 7) is -0.929. The maximum absolute atomic E-state index is 12.4. The maximum atomic E-state index is 12.4. The van der Waals surface area contributed by atoms with Crippen molar-refractivity contribution in [2.75, 3.05) is 13.8 Å². The summed E-state index contributed by atoms with van der Waals surface area (Å²) in [6, 6.07) is 7.66. The SMILES string of the molecule is CO.N#Cc1ccc(C2=NC(C(O)CF)CC(O)O2)cc1. The van der Waals surface area contributed by atoms with E-state index in [0.717, 1.165) is 7.11 Å². The van der Waals surface area contributed by atoms with E-state index in [1.165, 1.54) is 0 Å². The number of aliphatic hydroxyl groups excluding tert-OH is 3. The second-order valence-corrected chi connectivity index (χ2v) is 4.22. The van der Waals surface area contributed by atoms with E-state index < -0.39 is 25.1 Å². The Balaban J connectivity index is 0.00000106. The first-order chi connectivity index (χ1) is 10.1. The summed E-state index contributed by atoms with van der Waals surface area (Å²) in [4.78, 5) is 4.09. The standard InChI is InChI=1S/C13H13FN2O3.CH4O/c14-6-11(17)10-5-12(18)19-13(16-10)9-3-1-8(7-15)2-4-9;1-2/h1-4,10-12,17-18H,5-6H2;2H,1H3. The van der Waals surface area contributed by atoms with Crippen LogP contribution >= 0.6 is 0 Å². The normalized spacial score (nSPS) is 22.0. The number of hydrogen-bond acceptors (Lipinski definition) is 6. The van der Waals surface area contributed by atoms with Gasteiger partial charge in [0.05, 0.1) is 17.7 Å². The van der Waals surface area contributed by atoms with Crippen LogP contribution in [-0.4, -0.2) is 53.4 Å². The zero-order valence-electron chi connectivity index (χ0n) is 11.5. The Morgan fingerprint density at radius 3 is 2.57 bits per heavy atom. The van der Waals surface area contributed by atoms with Crippen molar-refractivity contribution in [1.29, 1.82) is 5.26 Å². The summed E-state index contributed by atoms with van der Waals surface area (Å²) in [7, 11) is 1.00. The third-order valence-corrected chi connectivity index (χ3v) is 2.84. The first-order valence-electron chi connectivity index (χ1n) is 6.26. The van der Waals surface area contributed by atoms with Gasteiger partial charge in [-0.05, 0) is 24.3 Å². The van der Waals surface area contributed by atoms with E-state index in [1.807, 2.05) is 6.07 Å². The fraction of sp³-hybridized carbons (Fsp3) is 0.429. The van der Waals surface area contributed by atoms with Gasteiger partial charge >= 0.3 is 0 Å². The smallest absolute Gasteiger partial charge is 0.218 e. The van der Waals surface area contributed by atoms with E-state index >= 15 is 0 Å². The fourth-order valence-corrected chi connectivity index (χ4v) is 1.79. The summed E-state index contributed by atoms with van der Waals surface area (Å²) in [6.07, 6.45) is -2.34. The Morgan fingerprint density at radius 1 is 1.43 bits per heavy atom. The number of ether oxygens (including phenoxy) is 1. The average molecular weight is 296 g/mol. The molecule has 6 nitrogen and oxygen atoms in total. The Kier molecular flexibility index (Phi) is 6.75. The lowest BCUT2D eigenvalue weighted by molar-refractivity contribution is -0.0591. The van der Waals surface area contributed by atoms with Gasteiger partial charge in [0.15, 0.2) is 0 Å². The van der Waals surface area contributed by atoms with Gasteiger partial charge in [-0.2, -0.15) is 5.26 Å². The molecule has 0 spiro atoms. The first kappa shape index (κ1) is 17.0. The van der Waals surface area contributed by atoms with Gasteiger partial charge in [-0.1, -0.05) is 0 Å². The quantitative estimate of drug-likeness (QED) is 0.746. The monoisotopic (exact) mass is 296 g/mol. The maximum Gasteiger partial charge on any atom is 0.218 e. The van der Waals surface area contributed by atoms with Crippen LogP contribution in [0.25, 0.3) is 0 Å². The highest BCUT2D eigenvalue weighted by molar-refractivity contribution is 5.94. The van der Waals surface area contributed by atoms with Crippen LogP contribution in [0.3, 0.4) is 0 Å². The molecule has 0 fully saturated rings. The summed E-state index contributed by atoms with van der Waals surface area (Å²) in [5, 5.41) is 34.7. The topological polar surface area (TPSA) is 106 Å². The van der Waals surface area contributed by atoms with Crippen LogP contribution < -0.4 is 0 Å². The van der Waals surface area contributed by atoms with Gasteiger partial charge in [0.1, 0.15) is 12.8 Å². The molecule has 0 saturated heterocycles. The van der Waals surface area contributed by atoms with Crippen molar-refractivity contribution in [3.8, 4) is 6.07 Å². The molecular weight excluding hydrogens is 279 g/mol. The van der Waals surface area contributed by atoms with Crippen molar-refractivity contribution < 1.29 is 24.4 Å². The number of aliphatic hydroxyl groups is 3. The predicted molar refractivity (Wildman–Crippen MR) is 73.3 cm³/mol. The van der Waals surface area contributed by atoms with Gasteiger partial charge in [0, 0.05) is 19.1 Å². The van der Waals surface area contributed by atoms with E-state index in [0.29, 0.717) is 11.1 Å². The summed E-state index contributed by atoms with van der Waals surface area (Å²) < 4.78 is 17.6. The zero-order valence-corrected chi connectivity index (χ0v) is 11.5. The molecule has 7 heteroatoms. The van der Waals surface area contributed by atoms with E-state index in [-0.39, 0.29) is 12.3 Å². The van der Waals surface area contributed by atoms with E-state index in [9.17, 15) is 14.6 Å². The lowest BCUT2D eigenvalue weighted by Gasteiger charge is -2.27. The molecule has 0 amide bonds. The second-order valence-electron chi connectivity index (χ2n) is 4.22. The third-order valence-electron chi connectivity index (χ3n) is 2.84. The summed E-state index contributed by atoms with van der Waals surface area (Å²) in [5.41, 5.74) is 1.05. The van der Waals surface area contributed by atoms with Crippen molar-refractivity contribution in [3.63, 3.8) is 0 Å². The molecule has 0 bridgehead atoms. The molecule has 1 aliphatic rings. The summed E-state index contributed by atoms with van der Waals surface area (Å²) >= 11 is 0. The number of hydrogen-bond donors (Lipinski definition) is 3. The molecule has 1 aliphatic heterocycles. The van der Waals surface area contributed by atoms with E-state index in [1.54, 1.807) is 24.3 Å². The molecular formula is C14H17FN2O4. The van der Waals surface area contributed by atoms with Crippen LogP contribution in [0, 0.1) is 11.3 Å². The fourth-order valence-electron chi connectivity index (χ4n) is 1.79. The van der Waals surface area contributed by atoms with Gasteiger partial charge in [-0.3, -0.25) is 0 Å². The van der Waals surface area contributed by atoms with Crippen molar-refractivity contribution in [1.82, 2.24) is 0 Å². The Morgan fingerprint density at radius 2 is 2.05 bits per heavy atom. The molecule has 21 heavy (non-hydrogen) atoms. The van der Waals surface area contributed by atoms with Crippen LogP contribution in [0.2, 0.25) is 0 Å². The minimum Gasteiger partial charge on any atom is -0.448 e. The van der Waals surface area contributed by atoms with Crippen molar-refractivity contribution in [3.05, 3.63) is 35.4 Å². The Labute approximate surface area is 121 Å². The molecule has 1 aromatic carbocycles. The number of nitrogens with zero attached hydrogens (tertiary/aromatic N) is 2. The molecule has 0 aliphatic carbocycles. The molecule has 0 radical (unpaired) electrons. The number of nitriles is 1. The van der Waals surface area contributed by atoms with Gasteiger partial charge in [-0.25, -0.2) is 9.38 Å². The van der Waals surface area contributed by atoms with Gasteiger partial charge in [0.2, 0.25) is 12.2 Å². The molecule has 3 atom stereocenters. The molecule has 3 unspecified atom stereocenters. The van der Waals surface area contributed by atoms with Crippen LogP contribution in [-0.2, 0) is 4.74 Å². The molecule has 1 aromatic rings. The summed E-state index contributed by atoms with van der Waals surface area (Å²) in [5.74, 6) is 0.140. The van der Waals surface area contributed by atoms with E-state index in [2.05, 4.69) is 4.99 Å². The largest absolute Gasteiger partial charge is 0.448 e. The number of benzene rings is 1. The number of aliphatic imine (C=N–C) groups is 1. The Bertz CT molecular complexity index is 513. The first-order valence-corrected chi connectivity index (χ1v) is 6.26. The van der Waals surface area contributed by atoms with Crippen LogP contribution in [0.5, 0.6) is 0 Å². The van der Waals surface area contributed by atoms with Gasteiger partial charge in [-0.15, -0.1) is 0 Å². The lowest BCUT2D eigenvalue weighted by Crippen LogP contribution is -2.37. The zero-order chi connectivity index (χ0) is 15.8. The van der Waals surface area contributed by atoms with Crippen LogP contribution in [0.1, 0.15) is 17.5 Å². The van der Waals surface area contributed by atoms with Crippen molar-refractivity contribution in [2.24, 2.45) is 4.99 Å². The number of halogens is 1. The molecule has 3 N–H and O–H groups in total. The van der Waals surface area contributed by atoms with Crippen LogP contribution in [0.15, 0.2) is 29.3 Å². The van der Waals surface area contributed by atoms with Crippen molar-refractivity contribution >= 4 is 5.90 Å². The molecule has 114 valence electrons. The minimum atomic E-state index is -1.26. The number of alkyl halides is 1.